The summed E-state index contributed by atoms with van der Waals surface area (Å²) in [5.74, 6) is -0.174. The van der Waals surface area contributed by atoms with Crippen molar-refractivity contribution in [3.63, 3.8) is 0 Å². The van der Waals surface area contributed by atoms with Gasteiger partial charge in [-0.25, -0.2) is 0 Å². The zero-order valence-electron chi connectivity index (χ0n) is 5.05. The zero-order chi connectivity index (χ0) is 6.48. The van der Waals surface area contributed by atoms with Gasteiger partial charge in [-0.15, -0.1) is 0 Å². The van der Waals surface area contributed by atoms with Crippen LogP contribution in [0.3, 0.4) is 0 Å². The fourth-order valence-corrected chi connectivity index (χ4v) is 1.67. The Kier molecular flexibility index (Phi) is 0.750. The summed E-state index contributed by atoms with van der Waals surface area (Å²) >= 11 is 0. The van der Waals surface area contributed by atoms with E-state index in [4.69, 9.17) is 5.11 Å². The van der Waals surface area contributed by atoms with E-state index in [-0.39, 0.29) is 5.41 Å². The molecule has 0 bridgehead atoms. The summed E-state index contributed by atoms with van der Waals surface area (Å²) < 4.78 is 0. The molecule has 0 aromatic carbocycles. The monoisotopic (exact) mass is 127 g/mol. The number of nitrogens with one attached hydrogen (secondary N) is 1. The second kappa shape index (κ2) is 1.29. The van der Waals surface area contributed by atoms with Crippen LogP contribution in [0.1, 0.15) is 6.42 Å². The van der Waals surface area contributed by atoms with Gasteiger partial charge in [0, 0.05) is 6.54 Å². The third-order valence-electron chi connectivity index (χ3n) is 2.49. The lowest BCUT2D eigenvalue weighted by molar-refractivity contribution is -0.143. The lowest BCUT2D eigenvalue weighted by Gasteiger charge is -2.01. The molecule has 0 radical (unpaired) electrons. The highest BCUT2D eigenvalue weighted by molar-refractivity contribution is 5.79. The van der Waals surface area contributed by atoms with E-state index in [0.29, 0.717) is 12.5 Å². The number of carbonyl (C=O) groups is 1. The molecule has 2 aliphatic rings. The number of piperidine rings is 1. The first-order valence-corrected chi connectivity index (χ1v) is 3.20. The lowest BCUT2D eigenvalue weighted by atomic mass is 10.1. The Hall–Kier alpha value is -0.570. The van der Waals surface area contributed by atoms with Crippen LogP contribution in [0.5, 0.6) is 0 Å². The van der Waals surface area contributed by atoms with Gasteiger partial charge in [-0.05, 0) is 18.9 Å². The van der Waals surface area contributed by atoms with Crippen LogP contribution < -0.4 is 5.32 Å². The van der Waals surface area contributed by atoms with Crippen LogP contribution in [0.4, 0.5) is 0 Å². The normalized spacial score (nSPS) is 46.4. The van der Waals surface area contributed by atoms with Crippen molar-refractivity contribution in [2.45, 2.75) is 6.42 Å². The Bertz CT molecular complexity index is 168. The minimum Gasteiger partial charge on any atom is -0.481 e. The van der Waals surface area contributed by atoms with Crippen LogP contribution >= 0.6 is 0 Å². The minimum atomic E-state index is -0.613. The van der Waals surface area contributed by atoms with Gasteiger partial charge in [-0.1, -0.05) is 0 Å². The second-order valence-corrected chi connectivity index (χ2v) is 2.99. The number of carboxylic acid groups (broad SMARTS) is 1. The summed E-state index contributed by atoms with van der Waals surface area (Å²) in [5.41, 5.74) is -0.333. The Morgan fingerprint density at radius 3 is 2.78 bits per heavy atom. The first-order valence-electron chi connectivity index (χ1n) is 3.20. The molecule has 1 heterocycles. The van der Waals surface area contributed by atoms with Gasteiger partial charge in [0.25, 0.3) is 0 Å². The molecule has 3 heteroatoms. The molecule has 50 valence electrons. The molecule has 2 fully saturated rings. The van der Waals surface area contributed by atoms with Gasteiger partial charge in [0.15, 0.2) is 0 Å². The third-order valence-corrected chi connectivity index (χ3v) is 2.49. The van der Waals surface area contributed by atoms with Crippen LogP contribution in [-0.4, -0.2) is 24.2 Å². The summed E-state index contributed by atoms with van der Waals surface area (Å²) in [6.07, 6.45) is 0.898. The molecule has 0 amide bonds. The summed E-state index contributed by atoms with van der Waals surface area (Å²) in [5, 5.41) is 11.7. The van der Waals surface area contributed by atoms with E-state index >= 15 is 0 Å². The number of aliphatic carboxylic acids is 1. The highest BCUT2D eigenvalue weighted by Crippen LogP contribution is 2.54. The maximum atomic E-state index is 10.5. The smallest absolute Gasteiger partial charge is 0.311 e. The Balaban J connectivity index is 2.19. The van der Waals surface area contributed by atoms with Crippen LogP contribution in [0.25, 0.3) is 0 Å². The molecule has 0 unspecified atom stereocenters. The van der Waals surface area contributed by atoms with Gasteiger partial charge in [0.2, 0.25) is 0 Å². The standard InChI is InChI=1S/C6H9NO2/c8-5(9)6-1-4(6)2-7-3-6/h4,7H,1-3H2,(H,8,9)/t4-,6-/m1/s1. The summed E-state index contributed by atoms with van der Waals surface area (Å²) in [6, 6.07) is 0. The summed E-state index contributed by atoms with van der Waals surface area (Å²) in [7, 11) is 0. The van der Waals surface area contributed by atoms with Crippen molar-refractivity contribution in [1.29, 1.82) is 0 Å². The van der Waals surface area contributed by atoms with Crippen LogP contribution in [0, 0.1) is 11.3 Å². The van der Waals surface area contributed by atoms with Gasteiger partial charge in [-0.2, -0.15) is 0 Å². The third kappa shape index (κ3) is 0.477. The van der Waals surface area contributed by atoms with Crippen LogP contribution in [-0.2, 0) is 4.79 Å². The molecule has 1 saturated heterocycles. The summed E-state index contributed by atoms with van der Waals surface area (Å²) in [4.78, 5) is 10.5. The first-order chi connectivity index (χ1) is 4.26. The van der Waals surface area contributed by atoms with Gasteiger partial charge < -0.3 is 10.4 Å². The predicted molar refractivity (Wildman–Crippen MR) is 31.0 cm³/mol. The van der Waals surface area contributed by atoms with E-state index in [9.17, 15) is 4.79 Å². The molecular weight excluding hydrogens is 118 g/mol. The van der Waals surface area contributed by atoms with Gasteiger partial charge in [0.1, 0.15) is 0 Å². The van der Waals surface area contributed by atoms with Crippen LogP contribution in [0.2, 0.25) is 0 Å². The molecule has 0 spiro atoms. The molecule has 3 nitrogen and oxygen atoms in total. The van der Waals surface area contributed by atoms with Gasteiger partial charge in [0.05, 0.1) is 5.41 Å². The van der Waals surface area contributed by atoms with Crippen molar-refractivity contribution in [3.05, 3.63) is 0 Å². The highest BCUT2D eigenvalue weighted by atomic mass is 16.4. The number of fused-ring (bicyclic) bond motifs is 1. The van der Waals surface area contributed by atoms with Crippen LogP contribution in [0.15, 0.2) is 0 Å². The first kappa shape index (κ1) is 5.23. The van der Waals surface area contributed by atoms with Crippen molar-refractivity contribution >= 4 is 5.97 Å². The number of rotatable bonds is 1. The summed E-state index contributed by atoms with van der Waals surface area (Å²) in [6.45, 7) is 1.60. The average molecular weight is 127 g/mol. The predicted octanol–water partition coefficient (Wildman–Crippen LogP) is -0.319. The highest BCUT2D eigenvalue weighted by Gasteiger charge is 2.62. The van der Waals surface area contributed by atoms with E-state index in [0.717, 1.165) is 13.0 Å². The lowest BCUT2D eigenvalue weighted by Crippen LogP contribution is -2.23. The largest absolute Gasteiger partial charge is 0.481 e. The molecule has 0 aromatic heterocycles. The van der Waals surface area contributed by atoms with E-state index in [1.54, 1.807) is 0 Å². The number of carboxylic acids is 1. The molecule has 2 rings (SSSR count). The zero-order valence-corrected chi connectivity index (χ0v) is 5.05. The van der Waals surface area contributed by atoms with Crippen molar-refractivity contribution in [1.82, 2.24) is 5.32 Å². The van der Waals surface area contributed by atoms with E-state index in [1.807, 2.05) is 0 Å². The quantitative estimate of drug-likeness (QED) is 0.507. The molecule has 1 aliphatic carbocycles. The van der Waals surface area contributed by atoms with Crippen molar-refractivity contribution in [2.24, 2.45) is 11.3 Å². The Morgan fingerprint density at radius 2 is 2.56 bits per heavy atom. The second-order valence-electron chi connectivity index (χ2n) is 2.99. The van der Waals surface area contributed by atoms with Crippen molar-refractivity contribution < 1.29 is 9.90 Å². The average Bonchev–Trinajstić information content (AvgIpc) is 2.38. The maximum absolute atomic E-state index is 10.5. The van der Waals surface area contributed by atoms with E-state index in [2.05, 4.69) is 5.32 Å². The van der Waals surface area contributed by atoms with E-state index < -0.39 is 5.97 Å². The maximum Gasteiger partial charge on any atom is 0.311 e. The topological polar surface area (TPSA) is 49.3 Å². The van der Waals surface area contributed by atoms with Gasteiger partial charge in [-0.3, -0.25) is 4.79 Å². The Labute approximate surface area is 53.1 Å². The van der Waals surface area contributed by atoms with Crippen molar-refractivity contribution in [3.8, 4) is 0 Å². The SMILES string of the molecule is O=C(O)[C@]12CNC[C@H]1C2. The molecule has 1 saturated carbocycles. The molecule has 0 aromatic rings. The Morgan fingerprint density at radius 1 is 1.78 bits per heavy atom. The fraction of sp³-hybridized carbons (Fsp3) is 0.833. The number of hydrogen-bond acceptors (Lipinski definition) is 2. The minimum absolute atomic E-state index is 0.333. The molecular formula is C6H9NO2. The molecule has 9 heavy (non-hydrogen) atoms. The fourth-order valence-electron chi connectivity index (χ4n) is 1.67. The van der Waals surface area contributed by atoms with Gasteiger partial charge >= 0.3 is 5.97 Å². The molecule has 2 N–H and O–H groups in total. The molecule has 1 aliphatic heterocycles. The molecule has 2 atom stereocenters. The number of hydrogen-bond donors (Lipinski definition) is 2. The van der Waals surface area contributed by atoms with Crippen molar-refractivity contribution in [2.75, 3.05) is 13.1 Å². The van der Waals surface area contributed by atoms with E-state index in [1.165, 1.54) is 0 Å².